The van der Waals surface area contributed by atoms with Gasteiger partial charge < -0.3 is 9.84 Å². The van der Waals surface area contributed by atoms with Gasteiger partial charge in [0.05, 0.1) is 12.7 Å². The Morgan fingerprint density at radius 1 is 0.815 bits per heavy atom. The molecule has 0 saturated carbocycles. The van der Waals surface area contributed by atoms with E-state index < -0.39 is 0 Å². The number of hydrogen-bond acceptors (Lipinski definition) is 3. The first-order valence-corrected chi connectivity index (χ1v) is 11.7. The molecule has 1 N–H and O–H groups in total. The van der Waals surface area contributed by atoms with Crippen LogP contribution in [0.5, 0.6) is 0 Å². The molecule has 0 amide bonds. The molecule has 0 aliphatic carbocycles. The van der Waals surface area contributed by atoms with Crippen LogP contribution in [-0.2, 0) is 9.53 Å². The van der Waals surface area contributed by atoms with E-state index in [1.165, 1.54) is 51.4 Å². The van der Waals surface area contributed by atoms with Crippen molar-refractivity contribution in [2.24, 2.45) is 0 Å². The van der Waals surface area contributed by atoms with Gasteiger partial charge >= 0.3 is 5.97 Å². The van der Waals surface area contributed by atoms with E-state index >= 15 is 0 Å². The van der Waals surface area contributed by atoms with Gasteiger partial charge in [-0.25, -0.2) is 0 Å². The highest BCUT2D eigenvalue weighted by Crippen LogP contribution is 2.11. The molecule has 0 aliphatic rings. The molecule has 1 atom stereocenters. The molecule has 0 aromatic heterocycles. The topological polar surface area (TPSA) is 46.5 Å². The summed E-state index contributed by atoms with van der Waals surface area (Å²) in [6, 6.07) is 0. The number of carbonyl (C=O) groups excluding carboxylic acids is 1. The first-order valence-electron chi connectivity index (χ1n) is 11.7. The molecule has 0 aromatic carbocycles. The summed E-state index contributed by atoms with van der Waals surface area (Å²) in [5, 5.41) is 9.90. The minimum absolute atomic E-state index is 0.0253. The number of carbonyl (C=O) groups is 1. The van der Waals surface area contributed by atoms with Gasteiger partial charge in [0.1, 0.15) is 0 Å². The molecule has 0 aromatic rings. The summed E-state index contributed by atoms with van der Waals surface area (Å²) in [5.74, 6) is -0.0253. The number of ether oxygens (including phenoxy) is 1. The fourth-order valence-electron chi connectivity index (χ4n) is 3.14. The quantitative estimate of drug-likeness (QED) is 0.138. The summed E-state index contributed by atoms with van der Waals surface area (Å²) < 4.78 is 5.25. The highest BCUT2D eigenvalue weighted by atomic mass is 16.5. The van der Waals surface area contributed by atoms with Gasteiger partial charge in [0.2, 0.25) is 0 Å². The van der Waals surface area contributed by atoms with Crippen LogP contribution < -0.4 is 0 Å². The maximum Gasteiger partial charge on any atom is 0.305 e. The van der Waals surface area contributed by atoms with Crippen molar-refractivity contribution in [2.75, 3.05) is 6.61 Å². The zero-order valence-corrected chi connectivity index (χ0v) is 18.2. The number of esters is 1. The number of aliphatic hydroxyl groups excluding tert-OH is 1. The molecule has 160 valence electrons. The number of rotatable bonds is 20. The summed E-state index contributed by atoms with van der Waals surface area (Å²) in [6.07, 6.45) is 22.8. The van der Waals surface area contributed by atoms with E-state index in [1.807, 2.05) is 0 Å². The van der Waals surface area contributed by atoms with Crippen molar-refractivity contribution in [3.05, 3.63) is 12.2 Å². The van der Waals surface area contributed by atoms with Gasteiger partial charge in [-0.1, -0.05) is 90.2 Å². The molecule has 0 saturated heterocycles. The lowest BCUT2D eigenvalue weighted by atomic mass is 10.1. The number of aliphatic hydroxyl groups is 1. The van der Waals surface area contributed by atoms with E-state index in [1.54, 1.807) is 0 Å². The molecule has 0 aliphatic heterocycles. The second-order valence-corrected chi connectivity index (χ2v) is 7.80. The van der Waals surface area contributed by atoms with Crippen LogP contribution in [0.2, 0.25) is 0 Å². The SMILES string of the molecule is CCCCCCOC(=O)CCCCCCC/C=C\C[C@H](O)CCCCCC. The molecule has 3 heteroatoms. The molecule has 0 fully saturated rings. The van der Waals surface area contributed by atoms with E-state index in [0.29, 0.717) is 13.0 Å². The predicted molar refractivity (Wildman–Crippen MR) is 116 cm³/mol. The van der Waals surface area contributed by atoms with Gasteiger partial charge in [-0.05, 0) is 38.5 Å². The molecule has 27 heavy (non-hydrogen) atoms. The Hall–Kier alpha value is -0.830. The van der Waals surface area contributed by atoms with E-state index in [4.69, 9.17) is 4.74 Å². The van der Waals surface area contributed by atoms with Crippen LogP contribution in [0.15, 0.2) is 12.2 Å². The van der Waals surface area contributed by atoms with E-state index in [0.717, 1.165) is 51.4 Å². The first-order chi connectivity index (χ1) is 13.2. The summed E-state index contributed by atoms with van der Waals surface area (Å²) in [6.45, 7) is 4.99. The Morgan fingerprint density at radius 3 is 2.19 bits per heavy atom. The monoisotopic (exact) mass is 382 g/mol. The van der Waals surface area contributed by atoms with Crippen LogP contribution in [0, 0.1) is 0 Å². The molecule has 0 bridgehead atoms. The van der Waals surface area contributed by atoms with Crippen LogP contribution in [0.3, 0.4) is 0 Å². The summed E-state index contributed by atoms with van der Waals surface area (Å²) in [7, 11) is 0. The molecule has 3 nitrogen and oxygen atoms in total. The van der Waals surface area contributed by atoms with E-state index in [2.05, 4.69) is 26.0 Å². The second-order valence-electron chi connectivity index (χ2n) is 7.80. The van der Waals surface area contributed by atoms with Crippen molar-refractivity contribution < 1.29 is 14.6 Å². The Bertz CT molecular complexity index is 339. The van der Waals surface area contributed by atoms with Crippen molar-refractivity contribution >= 4 is 5.97 Å². The van der Waals surface area contributed by atoms with Crippen LogP contribution in [0.4, 0.5) is 0 Å². The third-order valence-electron chi connectivity index (χ3n) is 4.98. The first kappa shape index (κ1) is 26.2. The van der Waals surface area contributed by atoms with Crippen LogP contribution in [-0.4, -0.2) is 23.8 Å². The third-order valence-corrected chi connectivity index (χ3v) is 4.98. The molecular weight excluding hydrogens is 336 g/mol. The smallest absolute Gasteiger partial charge is 0.305 e. The lowest BCUT2D eigenvalue weighted by Gasteiger charge is -2.07. The minimum atomic E-state index is -0.162. The number of hydrogen-bond donors (Lipinski definition) is 1. The third kappa shape index (κ3) is 21.3. The maximum absolute atomic E-state index is 11.6. The van der Waals surface area contributed by atoms with Gasteiger partial charge in [-0.2, -0.15) is 0 Å². The average Bonchev–Trinajstić information content (AvgIpc) is 2.66. The summed E-state index contributed by atoms with van der Waals surface area (Å²) in [4.78, 5) is 11.6. The molecule has 0 spiro atoms. The highest BCUT2D eigenvalue weighted by molar-refractivity contribution is 5.69. The zero-order chi connectivity index (χ0) is 20.0. The Morgan fingerprint density at radius 2 is 1.44 bits per heavy atom. The van der Waals surface area contributed by atoms with Crippen molar-refractivity contribution in [3.8, 4) is 0 Å². The fourth-order valence-corrected chi connectivity index (χ4v) is 3.14. The minimum Gasteiger partial charge on any atom is -0.466 e. The van der Waals surface area contributed by atoms with Crippen molar-refractivity contribution in [1.29, 1.82) is 0 Å². The normalized spacial score (nSPS) is 12.6. The van der Waals surface area contributed by atoms with Gasteiger partial charge in [0, 0.05) is 6.42 Å². The van der Waals surface area contributed by atoms with Crippen LogP contribution in [0.25, 0.3) is 0 Å². The van der Waals surface area contributed by atoms with Crippen LogP contribution >= 0.6 is 0 Å². The zero-order valence-electron chi connectivity index (χ0n) is 18.2. The van der Waals surface area contributed by atoms with Crippen molar-refractivity contribution in [2.45, 2.75) is 129 Å². The Balaban J connectivity index is 3.30. The average molecular weight is 383 g/mol. The lowest BCUT2D eigenvalue weighted by molar-refractivity contribution is -0.143. The standard InChI is InChI=1S/C24H46O3/c1-3-5-7-15-19-23(25)20-16-13-11-9-10-12-14-17-21-24(26)27-22-18-8-6-4-2/h13,16,23,25H,3-12,14-15,17-22H2,1-2H3/b16-13-/t23-/m1/s1. The molecule has 0 unspecified atom stereocenters. The molecule has 0 rings (SSSR count). The van der Waals surface area contributed by atoms with Gasteiger partial charge in [-0.15, -0.1) is 0 Å². The van der Waals surface area contributed by atoms with Gasteiger partial charge in [-0.3, -0.25) is 4.79 Å². The number of allylic oxidation sites excluding steroid dienone is 1. The van der Waals surface area contributed by atoms with E-state index in [9.17, 15) is 9.90 Å². The van der Waals surface area contributed by atoms with Crippen LogP contribution in [0.1, 0.15) is 123 Å². The largest absolute Gasteiger partial charge is 0.466 e. The Kier molecular flexibility index (Phi) is 20.8. The second kappa shape index (κ2) is 21.5. The number of unbranched alkanes of at least 4 members (excludes halogenated alkanes) is 11. The molecule has 0 heterocycles. The molecule has 0 radical (unpaired) electrons. The Labute approximate surface area is 169 Å². The maximum atomic E-state index is 11.6. The summed E-state index contributed by atoms with van der Waals surface area (Å²) >= 11 is 0. The van der Waals surface area contributed by atoms with E-state index in [-0.39, 0.29) is 12.1 Å². The predicted octanol–water partition coefficient (Wildman–Crippen LogP) is 7.12. The molecular formula is C24H46O3. The lowest BCUT2D eigenvalue weighted by Crippen LogP contribution is -2.05. The van der Waals surface area contributed by atoms with Crippen molar-refractivity contribution in [1.82, 2.24) is 0 Å². The van der Waals surface area contributed by atoms with Gasteiger partial charge in [0.15, 0.2) is 0 Å². The highest BCUT2D eigenvalue weighted by Gasteiger charge is 2.02. The van der Waals surface area contributed by atoms with Gasteiger partial charge in [0.25, 0.3) is 0 Å². The fraction of sp³-hybridized carbons (Fsp3) is 0.875. The summed E-state index contributed by atoms with van der Waals surface area (Å²) in [5.41, 5.74) is 0. The van der Waals surface area contributed by atoms with Crippen molar-refractivity contribution in [3.63, 3.8) is 0 Å².